The zero-order chi connectivity index (χ0) is 23.1. The van der Waals surface area contributed by atoms with Crippen LogP contribution in [-0.4, -0.2) is 39.1 Å². The van der Waals surface area contributed by atoms with Crippen molar-refractivity contribution in [1.82, 2.24) is 15.3 Å². The zero-order valence-electron chi connectivity index (χ0n) is 18.3. The summed E-state index contributed by atoms with van der Waals surface area (Å²) in [6, 6.07) is 14.5. The van der Waals surface area contributed by atoms with Gasteiger partial charge in [-0.05, 0) is 49.2 Å². The Morgan fingerprint density at radius 1 is 1.03 bits per heavy atom. The molecule has 0 aliphatic carbocycles. The molecule has 3 rings (SSSR count). The van der Waals surface area contributed by atoms with E-state index in [1.165, 1.54) is 6.92 Å². The van der Waals surface area contributed by atoms with E-state index < -0.39 is 11.6 Å². The largest absolute Gasteiger partial charge is 0.458 e. The summed E-state index contributed by atoms with van der Waals surface area (Å²) in [6.45, 7) is 4.98. The maximum absolute atomic E-state index is 12.4. The smallest absolute Gasteiger partial charge is 0.303 e. The number of hydrogen-bond acceptors (Lipinski definition) is 7. The van der Waals surface area contributed by atoms with Crippen LogP contribution >= 0.6 is 0 Å². The van der Waals surface area contributed by atoms with Crippen LogP contribution in [0.15, 0.2) is 60.9 Å². The van der Waals surface area contributed by atoms with E-state index in [2.05, 4.69) is 20.6 Å². The minimum Gasteiger partial charge on any atom is -0.458 e. The van der Waals surface area contributed by atoms with E-state index in [4.69, 9.17) is 4.74 Å². The maximum Gasteiger partial charge on any atom is 0.303 e. The first-order chi connectivity index (χ1) is 15.3. The molecule has 2 aromatic carbocycles. The number of nitrogens with zero attached hydrogens (tertiary/aromatic N) is 2. The highest BCUT2D eigenvalue weighted by atomic mass is 16.6. The number of aliphatic hydroxyl groups is 1. The van der Waals surface area contributed by atoms with E-state index in [1.54, 1.807) is 38.4 Å². The summed E-state index contributed by atoms with van der Waals surface area (Å²) in [6.07, 6.45) is 3.39. The number of hydrogen-bond donors (Lipinski definition) is 3. The first-order valence-corrected chi connectivity index (χ1v) is 10.1. The van der Waals surface area contributed by atoms with Gasteiger partial charge in [0.1, 0.15) is 5.60 Å². The van der Waals surface area contributed by atoms with Gasteiger partial charge in [-0.2, -0.15) is 0 Å². The molecule has 0 radical (unpaired) electrons. The highest BCUT2D eigenvalue weighted by molar-refractivity contribution is 5.94. The van der Waals surface area contributed by atoms with Gasteiger partial charge in [-0.1, -0.05) is 24.3 Å². The van der Waals surface area contributed by atoms with Crippen LogP contribution in [-0.2, 0) is 16.1 Å². The van der Waals surface area contributed by atoms with Crippen LogP contribution < -0.4 is 10.6 Å². The molecule has 0 atom stereocenters. The summed E-state index contributed by atoms with van der Waals surface area (Å²) in [5.74, 6) is -0.205. The fourth-order valence-electron chi connectivity index (χ4n) is 3.05. The number of carbonyl (C=O) groups excluding carboxylic acids is 2. The first kappa shape index (κ1) is 22.9. The molecule has 0 spiro atoms. The molecule has 0 fully saturated rings. The highest BCUT2D eigenvalue weighted by Gasteiger charge is 2.22. The molecule has 1 amide bonds. The van der Waals surface area contributed by atoms with Gasteiger partial charge in [0, 0.05) is 36.1 Å². The molecule has 0 aliphatic rings. The molecule has 3 N–H and O–H groups in total. The monoisotopic (exact) mass is 434 g/mol. The highest BCUT2D eigenvalue weighted by Crippen LogP contribution is 2.21. The normalized spacial score (nSPS) is 11.0. The molecule has 3 aromatic rings. The maximum atomic E-state index is 12.4. The molecule has 0 bridgehead atoms. The van der Waals surface area contributed by atoms with E-state index >= 15 is 0 Å². The quantitative estimate of drug-likeness (QED) is 0.465. The minimum absolute atomic E-state index is 0.0344. The van der Waals surface area contributed by atoms with Crippen LogP contribution in [0.2, 0.25) is 0 Å². The van der Waals surface area contributed by atoms with Gasteiger partial charge in [-0.25, -0.2) is 9.97 Å². The summed E-state index contributed by atoms with van der Waals surface area (Å²) >= 11 is 0. The Labute approximate surface area is 186 Å². The van der Waals surface area contributed by atoms with Crippen LogP contribution in [0.25, 0.3) is 11.1 Å². The van der Waals surface area contributed by atoms with Crippen molar-refractivity contribution in [1.29, 1.82) is 0 Å². The second-order valence-electron chi connectivity index (χ2n) is 7.89. The molecule has 1 aromatic heterocycles. The van der Waals surface area contributed by atoms with Crippen molar-refractivity contribution in [2.75, 3.05) is 11.9 Å². The van der Waals surface area contributed by atoms with Gasteiger partial charge >= 0.3 is 5.97 Å². The Balaban J connectivity index is 1.61. The fourth-order valence-corrected chi connectivity index (χ4v) is 3.05. The molecular formula is C24H26N4O4. The Morgan fingerprint density at radius 2 is 1.72 bits per heavy atom. The van der Waals surface area contributed by atoms with Gasteiger partial charge in [0.05, 0.1) is 13.2 Å². The number of aromatic nitrogens is 2. The molecule has 1 heterocycles. The average molecular weight is 434 g/mol. The van der Waals surface area contributed by atoms with Crippen LogP contribution in [0.3, 0.4) is 0 Å². The van der Waals surface area contributed by atoms with E-state index in [0.717, 1.165) is 22.4 Å². The van der Waals surface area contributed by atoms with Crippen molar-refractivity contribution in [2.45, 2.75) is 33.0 Å². The molecule has 8 heteroatoms. The second-order valence-corrected chi connectivity index (χ2v) is 7.89. The van der Waals surface area contributed by atoms with Crippen molar-refractivity contribution < 1.29 is 19.4 Å². The number of amides is 1. The van der Waals surface area contributed by atoms with Gasteiger partial charge in [0.15, 0.2) is 0 Å². The van der Waals surface area contributed by atoms with Gasteiger partial charge in [0.2, 0.25) is 5.95 Å². The lowest BCUT2D eigenvalue weighted by molar-refractivity contribution is -0.153. The van der Waals surface area contributed by atoms with Crippen molar-refractivity contribution in [3.05, 3.63) is 72.1 Å². The topological polar surface area (TPSA) is 113 Å². The summed E-state index contributed by atoms with van der Waals surface area (Å²) in [5.41, 5.74) is 2.98. The van der Waals surface area contributed by atoms with Crippen LogP contribution in [0.1, 0.15) is 36.7 Å². The molecule has 0 saturated carbocycles. The molecular weight excluding hydrogens is 408 g/mol. The second kappa shape index (κ2) is 10.0. The molecule has 0 saturated heterocycles. The molecule has 0 aliphatic heterocycles. The van der Waals surface area contributed by atoms with Gasteiger partial charge in [0.25, 0.3) is 5.91 Å². The van der Waals surface area contributed by atoms with E-state index in [9.17, 15) is 14.7 Å². The molecule has 0 unspecified atom stereocenters. The van der Waals surface area contributed by atoms with Crippen molar-refractivity contribution >= 4 is 23.5 Å². The average Bonchev–Trinajstić information content (AvgIpc) is 2.77. The van der Waals surface area contributed by atoms with Crippen molar-refractivity contribution in [2.24, 2.45) is 0 Å². The van der Waals surface area contributed by atoms with Crippen molar-refractivity contribution in [3.63, 3.8) is 0 Å². The van der Waals surface area contributed by atoms with Gasteiger partial charge in [-0.3, -0.25) is 9.59 Å². The van der Waals surface area contributed by atoms with Crippen LogP contribution in [0.5, 0.6) is 0 Å². The minimum atomic E-state index is -0.784. The number of ether oxygens (including phenoxy) is 1. The third-order valence-corrected chi connectivity index (χ3v) is 4.59. The Bertz CT molecular complexity index is 1080. The predicted molar refractivity (Wildman–Crippen MR) is 121 cm³/mol. The SMILES string of the molecule is CC(=O)OC(C)(C)CNC(=O)c1ccc(-c2cnc(Nc3cccc(CO)c3)nc2)cc1. The van der Waals surface area contributed by atoms with E-state index in [0.29, 0.717) is 11.5 Å². The summed E-state index contributed by atoms with van der Waals surface area (Å²) in [7, 11) is 0. The van der Waals surface area contributed by atoms with E-state index in [-0.39, 0.29) is 19.1 Å². The lowest BCUT2D eigenvalue weighted by Gasteiger charge is -2.24. The molecule has 8 nitrogen and oxygen atoms in total. The number of benzene rings is 2. The molecule has 32 heavy (non-hydrogen) atoms. The summed E-state index contributed by atoms with van der Waals surface area (Å²) in [5, 5.41) is 15.1. The fraction of sp³-hybridized carbons (Fsp3) is 0.250. The lowest BCUT2D eigenvalue weighted by atomic mass is 10.1. The number of aliphatic hydroxyl groups excluding tert-OH is 1. The van der Waals surface area contributed by atoms with Gasteiger partial charge in [-0.15, -0.1) is 0 Å². The lowest BCUT2D eigenvalue weighted by Crippen LogP contribution is -2.41. The number of esters is 1. The van der Waals surface area contributed by atoms with Crippen LogP contribution in [0, 0.1) is 0 Å². The third kappa shape index (κ3) is 6.36. The Hall–Kier alpha value is -3.78. The van der Waals surface area contributed by atoms with Crippen LogP contribution in [0.4, 0.5) is 11.6 Å². The third-order valence-electron chi connectivity index (χ3n) is 4.59. The predicted octanol–water partition coefficient (Wildman–Crippen LogP) is 3.45. The zero-order valence-corrected chi connectivity index (χ0v) is 18.3. The number of rotatable bonds is 8. The van der Waals surface area contributed by atoms with Crippen molar-refractivity contribution in [3.8, 4) is 11.1 Å². The Morgan fingerprint density at radius 3 is 2.34 bits per heavy atom. The van der Waals surface area contributed by atoms with Gasteiger partial charge < -0.3 is 20.5 Å². The van der Waals surface area contributed by atoms with E-state index in [1.807, 2.05) is 36.4 Å². The number of nitrogens with one attached hydrogen (secondary N) is 2. The summed E-state index contributed by atoms with van der Waals surface area (Å²) < 4.78 is 5.18. The standard InChI is InChI=1S/C24H26N4O4/c1-16(30)32-24(2,3)15-27-22(31)19-9-7-18(8-10-19)20-12-25-23(26-13-20)28-21-6-4-5-17(11-21)14-29/h4-13,29H,14-15H2,1-3H3,(H,27,31)(H,25,26,28). The summed E-state index contributed by atoms with van der Waals surface area (Å²) in [4.78, 5) is 32.2. The first-order valence-electron chi connectivity index (χ1n) is 10.1. The number of anilines is 2. The molecule has 166 valence electrons. The number of carbonyl (C=O) groups is 2. The Kier molecular flexibility index (Phi) is 7.17.